The molecule has 0 radical (unpaired) electrons. The van der Waals surface area contributed by atoms with E-state index >= 15 is 0 Å². The van der Waals surface area contributed by atoms with E-state index in [2.05, 4.69) is 11.9 Å². The third kappa shape index (κ3) is 3.39. The van der Waals surface area contributed by atoms with Crippen molar-refractivity contribution in [2.75, 3.05) is 7.18 Å². The molecule has 2 nitrogen and oxygen atoms in total. The molecule has 0 aliphatic rings. The zero-order valence-electron chi connectivity index (χ0n) is 8.38. The first kappa shape index (κ1) is 12.4. The van der Waals surface area contributed by atoms with Gasteiger partial charge in [-0.1, -0.05) is 24.8 Å². The van der Waals surface area contributed by atoms with Gasteiger partial charge in [0.05, 0.1) is 7.18 Å². The molecule has 76 valence electrons. The molecule has 0 atom stereocenters. The van der Waals surface area contributed by atoms with E-state index in [-0.39, 0.29) is 5.91 Å². The second kappa shape index (κ2) is 6.83. The van der Waals surface area contributed by atoms with Crippen molar-refractivity contribution >= 4 is 5.91 Å². The third-order valence-electron chi connectivity index (χ3n) is 1.62. The molecule has 1 rings (SSSR count). The van der Waals surface area contributed by atoms with E-state index in [0.29, 0.717) is 12.7 Å². The van der Waals surface area contributed by atoms with Crippen LogP contribution in [0.1, 0.15) is 15.9 Å². The number of rotatable bonds is 2. The van der Waals surface area contributed by atoms with Crippen molar-refractivity contribution in [3.05, 3.63) is 48.2 Å². The fourth-order valence-corrected chi connectivity index (χ4v) is 0.998. The Morgan fingerprint density at radius 3 is 2.50 bits per heavy atom. The van der Waals surface area contributed by atoms with Gasteiger partial charge in [-0.15, -0.1) is 0 Å². The average molecular weight is 195 g/mol. The summed E-state index contributed by atoms with van der Waals surface area (Å²) in [5.41, 5.74) is 1.66. The number of benzene rings is 1. The van der Waals surface area contributed by atoms with Gasteiger partial charge in [-0.25, -0.2) is 0 Å². The zero-order chi connectivity index (χ0) is 11.0. The maximum absolute atomic E-state index is 11.3. The minimum atomic E-state index is -0.108. The van der Waals surface area contributed by atoms with Crippen LogP contribution in [0.5, 0.6) is 0 Å². The fraction of sp³-hybridized carbons (Fsp3) is 0.182. The van der Waals surface area contributed by atoms with Crippen LogP contribution in [0.3, 0.4) is 0 Å². The lowest BCUT2D eigenvalue weighted by molar-refractivity contribution is 0.0969. The van der Waals surface area contributed by atoms with Crippen LogP contribution in [0, 0.1) is 6.92 Å². The summed E-state index contributed by atoms with van der Waals surface area (Å²) >= 11 is 0. The van der Waals surface area contributed by atoms with E-state index in [1.165, 1.54) is 6.20 Å². The van der Waals surface area contributed by atoms with Crippen LogP contribution < -0.4 is 5.32 Å². The molecule has 14 heavy (non-hydrogen) atoms. The van der Waals surface area contributed by atoms with Crippen LogP contribution in [-0.4, -0.2) is 13.1 Å². The maximum Gasteiger partial charge on any atom is 0.255 e. The minimum Gasteiger partial charge on any atom is -0.329 e. The summed E-state index contributed by atoms with van der Waals surface area (Å²) in [4.78, 5) is 11.3. The SMILES string of the molecule is C=CNC(=O)c1ccccc1C.CF. The van der Waals surface area contributed by atoms with Gasteiger partial charge in [0.1, 0.15) is 0 Å². The Morgan fingerprint density at radius 1 is 1.43 bits per heavy atom. The molecule has 0 heterocycles. The Labute approximate surface area is 83.4 Å². The molecule has 0 aliphatic heterocycles. The summed E-state index contributed by atoms with van der Waals surface area (Å²) < 4.78 is 9.50. The van der Waals surface area contributed by atoms with E-state index in [0.717, 1.165) is 5.56 Å². The van der Waals surface area contributed by atoms with E-state index in [1.807, 2.05) is 25.1 Å². The van der Waals surface area contributed by atoms with E-state index in [9.17, 15) is 9.18 Å². The molecule has 0 fully saturated rings. The smallest absolute Gasteiger partial charge is 0.255 e. The summed E-state index contributed by atoms with van der Waals surface area (Å²) in [5, 5.41) is 2.53. The first-order valence-electron chi connectivity index (χ1n) is 4.11. The largest absolute Gasteiger partial charge is 0.329 e. The molecule has 3 heteroatoms. The summed E-state index contributed by atoms with van der Waals surface area (Å²) in [6, 6.07) is 7.43. The Morgan fingerprint density at radius 2 is 2.00 bits per heavy atom. The maximum atomic E-state index is 11.3. The van der Waals surface area contributed by atoms with Crippen molar-refractivity contribution < 1.29 is 9.18 Å². The number of halogens is 1. The minimum absolute atomic E-state index is 0.108. The molecule has 1 aromatic carbocycles. The highest BCUT2D eigenvalue weighted by Gasteiger charge is 2.04. The second-order valence-corrected chi connectivity index (χ2v) is 2.49. The third-order valence-corrected chi connectivity index (χ3v) is 1.62. The predicted octanol–water partition coefficient (Wildman–Crippen LogP) is 2.45. The number of hydrogen-bond donors (Lipinski definition) is 1. The van der Waals surface area contributed by atoms with Crippen LogP contribution in [0.25, 0.3) is 0 Å². The molecule has 0 bridgehead atoms. The highest BCUT2D eigenvalue weighted by molar-refractivity contribution is 5.96. The van der Waals surface area contributed by atoms with Crippen LogP contribution in [0.15, 0.2) is 37.0 Å². The molecule has 1 aromatic rings. The van der Waals surface area contributed by atoms with Gasteiger partial charge in [0.25, 0.3) is 5.91 Å². The van der Waals surface area contributed by atoms with Crippen molar-refractivity contribution in [3.63, 3.8) is 0 Å². The Hall–Kier alpha value is -1.64. The molecule has 0 saturated heterocycles. The van der Waals surface area contributed by atoms with Gasteiger partial charge in [-0.3, -0.25) is 9.18 Å². The summed E-state index contributed by atoms with van der Waals surface area (Å²) in [7, 11) is 0.500. The number of carbonyl (C=O) groups is 1. The van der Waals surface area contributed by atoms with Gasteiger partial charge < -0.3 is 5.32 Å². The van der Waals surface area contributed by atoms with Gasteiger partial charge >= 0.3 is 0 Å². The van der Waals surface area contributed by atoms with Gasteiger partial charge in [-0.05, 0) is 24.8 Å². The van der Waals surface area contributed by atoms with Crippen LogP contribution in [0.4, 0.5) is 4.39 Å². The summed E-state index contributed by atoms with van der Waals surface area (Å²) in [6.45, 7) is 5.32. The Balaban J connectivity index is 0.000000791. The normalized spacial score (nSPS) is 8.21. The molecular formula is C11H14FNO. The average Bonchev–Trinajstić information content (AvgIpc) is 2.22. The fourth-order valence-electron chi connectivity index (χ4n) is 0.998. The van der Waals surface area contributed by atoms with Crippen molar-refractivity contribution in [3.8, 4) is 0 Å². The van der Waals surface area contributed by atoms with Gasteiger partial charge in [0.15, 0.2) is 0 Å². The zero-order valence-corrected chi connectivity index (χ0v) is 8.38. The van der Waals surface area contributed by atoms with Crippen molar-refractivity contribution in [1.29, 1.82) is 0 Å². The molecule has 1 amide bonds. The number of carbonyl (C=O) groups excluding carboxylic acids is 1. The lowest BCUT2D eigenvalue weighted by atomic mass is 10.1. The molecule has 0 aromatic heterocycles. The van der Waals surface area contributed by atoms with Crippen LogP contribution >= 0.6 is 0 Å². The van der Waals surface area contributed by atoms with Crippen LogP contribution in [-0.2, 0) is 0 Å². The van der Waals surface area contributed by atoms with E-state index in [1.54, 1.807) is 6.07 Å². The number of nitrogens with one attached hydrogen (secondary N) is 1. The first-order valence-corrected chi connectivity index (χ1v) is 4.11. The van der Waals surface area contributed by atoms with Gasteiger partial charge in [-0.2, -0.15) is 0 Å². The number of alkyl halides is 1. The van der Waals surface area contributed by atoms with E-state index in [4.69, 9.17) is 0 Å². The number of hydrogen-bond acceptors (Lipinski definition) is 1. The van der Waals surface area contributed by atoms with Gasteiger partial charge in [0, 0.05) is 5.56 Å². The van der Waals surface area contributed by atoms with Crippen molar-refractivity contribution in [2.24, 2.45) is 0 Å². The number of aryl methyl sites for hydroxylation is 1. The topological polar surface area (TPSA) is 29.1 Å². The van der Waals surface area contributed by atoms with E-state index < -0.39 is 0 Å². The summed E-state index contributed by atoms with van der Waals surface area (Å²) in [6.07, 6.45) is 1.38. The Kier molecular flexibility index (Phi) is 6.03. The molecule has 0 unspecified atom stereocenters. The molecule has 1 N–H and O–H groups in total. The monoisotopic (exact) mass is 195 g/mol. The highest BCUT2D eigenvalue weighted by atomic mass is 19.1. The Bertz CT molecular complexity index is 310. The predicted molar refractivity (Wildman–Crippen MR) is 55.9 cm³/mol. The number of amides is 1. The highest BCUT2D eigenvalue weighted by Crippen LogP contribution is 2.05. The molecule has 0 saturated carbocycles. The quantitative estimate of drug-likeness (QED) is 0.771. The lowest BCUT2D eigenvalue weighted by Crippen LogP contribution is -2.17. The summed E-state index contributed by atoms with van der Waals surface area (Å²) in [5.74, 6) is -0.108. The first-order chi connectivity index (χ1) is 6.75. The van der Waals surface area contributed by atoms with Crippen molar-refractivity contribution in [1.82, 2.24) is 5.32 Å². The molecular weight excluding hydrogens is 181 g/mol. The lowest BCUT2D eigenvalue weighted by Gasteiger charge is -2.02. The van der Waals surface area contributed by atoms with Gasteiger partial charge in [0.2, 0.25) is 0 Å². The van der Waals surface area contributed by atoms with Crippen molar-refractivity contribution in [2.45, 2.75) is 6.92 Å². The standard InChI is InChI=1S/C10H11NO.CH3F/c1-3-11-10(12)9-7-5-4-6-8(9)2;1-2/h3-7H,1H2,2H3,(H,11,12);1H3. The molecule has 0 spiro atoms. The van der Waals surface area contributed by atoms with Crippen LogP contribution in [0.2, 0.25) is 0 Å². The molecule has 0 aliphatic carbocycles. The second-order valence-electron chi connectivity index (χ2n) is 2.49.